The Morgan fingerprint density at radius 2 is 1.88 bits per heavy atom. The van der Waals surface area contributed by atoms with Gasteiger partial charge in [-0.2, -0.15) is 0 Å². The first kappa shape index (κ1) is 23.6. The van der Waals surface area contributed by atoms with Gasteiger partial charge in [-0.25, -0.2) is 0 Å². The quantitative estimate of drug-likeness (QED) is 0.159. The van der Waals surface area contributed by atoms with Crippen LogP contribution in [0, 0.1) is 24.0 Å². The molecular weight excluding hydrogens is 501 g/mol. The van der Waals surface area contributed by atoms with Crippen molar-refractivity contribution in [1.29, 1.82) is 0 Å². The molecule has 0 unspecified atom stereocenters. The lowest BCUT2D eigenvalue weighted by Crippen LogP contribution is -2.54. The Morgan fingerprint density at radius 1 is 1.15 bits per heavy atom. The topological polar surface area (TPSA) is 106 Å². The van der Waals surface area contributed by atoms with Gasteiger partial charge in [0.2, 0.25) is 0 Å². The van der Waals surface area contributed by atoms with Gasteiger partial charge < -0.3 is 4.42 Å². The van der Waals surface area contributed by atoms with Crippen molar-refractivity contribution < 1.29 is 18.9 Å². The number of halogens is 2. The van der Waals surface area contributed by atoms with E-state index in [2.05, 4.69) is 5.32 Å². The van der Waals surface area contributed by atoms with Gasteiger partial charge in [-0.15, -0.1) is 0 Å². The van der Waals surface area contributed by atoms with Crippen LogP contribution in [0.15, 0.2) is 52.5 Å². The van der Waals surface area contributed by atoms with E-state index in [-0.39, 0.29) is 37.9 Å². The first-order chi connectivity index (χ1) is 16.1. The van der Waals surface area contributed by atoms with Crippen LogP contribution < -0.4 is 10.2 Å². The number of furan rings is 1. The minimum atomic E-state index is -0.710. The predicted molar refractivity (Wildman–Crippen MR) is 133 cm³/mol. The number of aryl methyl sites for hydroxylation is 1. The average molecular weight is 516 g/mol. The van der Waals surface area contributed by atoms with E-state index in [4.69, 9.17) is 39.8 Å². The van der Waals surface area contributed by atoms with Crippen LogP contribution in [0.4, 0.5) is 11.4 Å². The number of hydrogen-bond donors (Lipinski definition) is 1. The van der Waals surface area contributed by atoms with Crippen LogP contribution in [0.5, 0.6) is 0 Å². The van der Waals surface area contributed by atoms with E-state index >= 15 is 0 Å². The van der Waals surface area contributed by atoms with Gasteiger partial charge in [0, 0.05) is 17.2 Å². The number of rotatable bonds is 4. The Kier molecular flexibility index (Phi) is 6.26. The summed E-state index contributed by atoms with van der Waals surface area (Å²) in [6.07, 6.45) is 1.27. The van der Waals surface area contributed by atoms with E-state index in [9.17, 15) is 19.7 Å². The Morgan fingerprint density at radius 3 is 2.59 bits per heavy atom. The van der Waals surface area contributed by atoms with Gasteiger partial charge >= 0.3 is 0 Å². The number of thiocarbonyl (C=S) groups is 1. The number of nitrogens with zero attached hydrogens (tertiary/aromatic N) is 2. The lowest BCUT2D eigenvalue weighted by atomic mass is 10.0. The Hall–Kier alpha value is -3.53. The Labute approximate surface area is 208 Å². The molecule has 2 aromatic carbocycles. The third-order valence-corrected chi connectivity index (χ3v) is 6.40. The number of benzene rings is 2. The highest BCUT2D eigenvalue weighted by atomic mass is 35.5. The van der Waals surface area contributed by atoms with Crippen LogP contribution in [0.25, 0.3) is 17.4 Å². The number of anilines is 1. The molecule has 1 saturated heterocycles. The minimum Gasteiger partial charge on any atom is -0.457 e. The summed E-state index contributed by atoms with van der Waals surface area (Å²) >= 11 is 17.5. The second-order valence-electron chi connectivity index (χ2n) is 7.43. The monoisotopic (exact) mass is 515 g/mol. The highest BCUT2D eigenvalue weighted by Crippen LogP contribution is 2.35. The van der Waals surface area contributed by atoms with Crippen molar-refractivity contribution in [3.63, 3.8) is 0 Å². The van der Waals surface area contributed by atoms with E-state index in [1.807, 2.05) is 0 Å². The Balaban J connectivity index is 1.72. The molecular formula is C23H15Cl2N3O5S. The van der Waals surface area contributed by atoms with Gasteiger partial charge in [-0.3, -0.25) is 29.9 Å². The maximum Gasteiger partial charge on any atom is 0.273 e. The largest absolute Gasteiger partial charge is 0.457 e. The number of carbonyl (C=O) groups is 2. The summed E-state index contributed by atoms with van der Waals surface area (Å²) in [7, 11) is 0. The van der Waals surface area contributed by atoms with Crippen LogP contribution in [0.3, 0.4) is 0 Å². The van der Waals surface area contributed by atoms with E-state index in [0.29, 0.717) is 16.9 Å². The SMILES string of the molecule is Cc1cc(-c2ccc(/C=C3\C(=O)NC(=S)N(c4cccc(Cl)c4Cl)C3=O)o2)cc([N+](=O)[O-])c1C. The van der Waals surface area contributed by atoms with Crippen molar-refractivity contribution in [2.24, 2.45) is 0 Å². The standard InChI is InChI=1S/C23H15Cl2N3O5S/c1-11-8-13(9-18(12(11)2)28(31)32)19-7-6-14(33-19)10-15-21(29)26-23(34)27(22(15)30)17-5-3-4-16(24)20(17)25/h3-10H,1-2H3,(H,26,29,34)/b15-10+. The molecule has 2 heterocycles. The van der Waals surface area contributed by atoms with Gasteiger partial charge in [0.1, 0.15) is 17.1 Å². The number of nitro benzene ring substituents is 1. The molecule has 1 fully saturated rings. The molecule has 34 heavy (non-hydrogen) atoms. The summed E-state index contributed by atoms with van der Waals surface area (Å²) in [4.78, 5) is 37.7. The fraction of sp³-hybridized carbons (Fsp3) is 0.0870. The summed E-state index contributed by atoms with van der Waals surface area (Å²) < 4.78 is 5.78. The van der Waals surface area contributed by atoms with Gasteiger partial charge in [0.25, 0.3) is 17.5 Å². The van der Waals surface area contributed by atoms with E-state index < -0.39 is 16.7 Å². The van der Waals surface area contributed by atoms with E-state index in [1.165, 1.54) is 12.1 Å². The van der Waals surface area contributed by atoms with E-state index in [0.717, 1.165) is 10.5 Å². The maximum absolute atomic E-state index is 13.2. The average Bonchev–Trinajstić information content (AvgIpc) is 3.24. The summed E-state index contributed by atoms with van der Waals surface area (Å²) in [6.45, 7) is 3.44. The number of nitrogens with one attached hydrogen (secondary N) is 1. The lowest BCUT2D eigenvalue weighted by molar-refractivity contribution is -0.385. The third kappa shape index (κ3) is 4.21. The van der Waals surface area contributed by atoms with Gasteiger partial charge in [0.15, 0.2) is 5.11 Å². The second kappa shape index (κ2) is 9.02. The van der Waals surface area contributed by atoms with Crippen LogP contribution >= 0.6 is 35.4 Å². The lowest BCUT2D eigenvalue weighted by Gasteiger charge is -2.29. The highest BCUT2D eigenvalue weighted by Gasteiger charge is 2.36. The van der Waals surface area contributed by atoms with Gasteiger partial charge in [-0.05, 0) is 68.0 Å². The highest BCUT2D eigenvalue weighted by molar-refractivity contribution is 7.80. The number of carbonyl (C=O) groups excluding carboxylic acids is 2. The van der Waals surface area contributed by atoms with Crippen molar-refractivity contribution in [1.82, 2.24) is 5.32 Å². The molecule has 172 valence electrons. The van der Waals surface area contributed by atoms with Crippen molar-refractivity contribution in [2.45, 2.75) is 13.8 Å². The van der Waals surface area contributed by atoms with Crippen molar-refractivity contribution in [3.05, 3.63) is 85.1 Å². The minimum absolute atomic E-state index is 0.0318. The molecule has 0 saturated carbocycles. The molecule has 1 N–H and O–H groups in total. The van der Waals surface area contributed by atoms with Crippen molar-refractivity contribution in [2.75, 3.05) is 4.90 Å². The molecule has 2 amide bonds. The molecule has 1 aliphatic heterocycles. The molecule has 0 radical (unpaired) electrons. The van der Waals surface area contributed by atoms with E-state index in [1.54, 1.807) is 50.2 Å². The van der Waals surface area contributed by atoms with Gasteiger partial charge in [-0.1, -0.05) is 29.3 Å². The number of hydrogen-bond acceptors (Lipinski definition) is 6. The van der Waals surface area contributed by atoms with Crippen LogP contribution in [-0.4, -0.2) is 21.9 Å². The zero-order valence-corrected chi connectivity index (χ0v) is 20.0. The smallest absolute Gasteiger partial charge is 0.273 e. The molecule has 0 bridgehead atoms. The fourth-order valence-corrected chi connectivity index (χ4v) is 4.10. The first-order valence-electron chi connectivity index (χ1n) is 9.79. The van der Waals surface area contributed by atoms with Crippen LogP contribution in [0.2, 0.25) is 10.0 Å². The molecule has 1 aliphatic rings. The molecule has 0 aliphatic carbocycles. The molecule has 8 nitrogen and oxygen atoms in total. The summed E-state index contributed by atoms with van der Waals surface area (Å²) in [6, 6.07) is 11.0. The molecule has 3 aromatic rings. The normalized spacial score (nSPS) is 15.1. The molecule has 0 spiro atoms. The zero-order valence-electron chi connectivity index (χ0n) is 17.7. The zero-order chi connectivity index (χ0) is 24.7. The molecule has 11 heteroatoms. The van der Waals surface area contributed by atoms with Crippen LogP contribution in [-0.2, 0) is 9.59 Å². The summed E-state index contributed by atoms with van der Waals surface area (Å²) in [5.41, 5.74) is 1.73. The van der Waals surface area contributed by atoms with Crippen LogP contribution in [0.1, 0.15) is 16.9 Å². The summed E-state index contributed by atoms with van der Waals surface area (Å²) in [5, 5.41) is 14.0. The fourth-order valence-electron chi connectivity index (χ4n) is 3.44. The molecule has 0 atom stereocenters. The predicted octanol–water partition coefficient (Wildman–Crippen LogP) is 5.61. The Bertz CT molecular complexity index is 1430. The van der Waals surface area contributed by atoms with Crippen molar-refractivity contribution >= 4 is 69.8 Å². The first-order valence-corrected chi connectivity index (χ1v) is 11.0. The third-order valence-electron chi connectivity index (χ3n) is 5.31. The number of amides is 2. The second-order valence-corrected chi connectivity index (χ2v) is 8.60. The maximum atomic E-state index is 13.2. The molecule has 1 aromatic heterocycles. The van der Waals surface area contributed by atoms with Crippen molar-refractivity contribution in [3.8, 4) is 11.3 Å². The summed E-state index contributed by atoms with van der Waals surface area (Å²) in [5.74, 6) is -0.881. The molecule has 4 rings (SSSR count). The van der Waals surface area contributed by atoms with Gasteiger partial charge in [0.05, 0.1) is 20.7 Å². The number of nitro groups is 1.